The van der Waals surface area contributed by atoms with E-state index in [4.69, 9.17) is 0 Å². The molecule has 0 aliphatic carbocycles. The number of nitrogens with one attached hydrogen (secondary N) is 1. The summed E-state index contributed by atoms with van der Waals surface area (Å²) in [6.07, 6.45) is 0.740. The fourth-order valence-corrected chi connectivity index (χ4v) is 0.483. The molecule has 6 nitrogen and oxygen atoms in total. The number of carbonyl (C=O) groups is 3. The van der Waals surface area contributed by atoms with Crippen LogP contribution >= 0.6 is 0 Å². The Balaban J connectivity index is -0.000000720. The molecule has 0 aliphatic heterocycles. The van der Waals surface area contributed by atoms with E-state index >= 15 is 0 Å². The molecule has 0 radical (unpaired) electrons. The van der Waals surface area contributed by atoms with Crippen molar-refractivity contribution in [1.82, 2.24) is 5.32 Å². The minimum Gasteiger partial charge on any atom is -0.547 e. The number of rotatable bonds is 4. The maximum absolute atomic E-state index is 10.6. The normalized spacial score (nSPS) is 8.87. The van der Waals surface area contributed by atoms with E-state index in [1.165, 1.54) is 0 Å². The fourth-order valence-electron chi connectivity index (χ4n) is 0.483. The molecule has 0 aromatic heterocycles. The average molecular weight is 199 g/mol. The Morgan fingerprint density at radius 1 is 1.20 bits per heavy atom. The molecule has 0 saturated carbocycles. The van der Waals surface area contributed by atoms with Crippen molar-refractivity contribution in [2.45, 2.75) is 12.5 Å². The summed E-state index contributed by atoms with van der Waals surface area (Å²) in [5.74, 6) is -4.85. The van der Waals surface area contributed by atoms with Gasteiger partial charge in [-0.05, 0) is 13.0 Å². The summed E-state index contributed by atoms with van der Waals surface area (Å²) in [6.45, 7) is 3.77. The Kier molecular flexibility index (Phi) is 10.1. The van der Waals surface area contributed by atoms with E-state index in [1.807, 2.05) is 0 Å². The van der Waals surface area contributed by atoms with Crippen molar-refractivity contribution in [2.24, 2.45) is 0 Å². The van der Waals surface area contributed by atoms with Crippen LogP contribution in [0.3, 0.4) is 0 Å². The summed E-state index contributed by atoms with van der Waals surface area (Å²) in [5, 5.41) is 22.3. The molecule has 0 unspecified atom stereocenters. The molecular weight excluding hydrogens is 192 g/mol. The van der Waals surface area contributed by atoms with Crippen LogP contribution in [0, 0.1) is 0 Å². The Bertz CT molecular complexity index is 265. The van der Waals surface area contributed by atoms with Crippen LogP contribution in [-0.2, 0) is 14.4 Å². The summed E-state index contributed by atoms with van der Waals surface area (Å²) >= 11 is 0. The van der Waals surface area contributed by atoms with Gasteiger partial charge in [0.05, 0.1) is 11.9 Å². The third-order valence-electron chi connectivity index (χ3n) is 1.38. The molecule has 0 saturated heterocycles. The fraction of sp³-hybridized carbons (Fsp3) is 0.286. The molecule has 0 spiro atoms. The first kappa shape index (κ1) is 19.8. The van der Waals surface area contributed by atoms with Crippen LogP contribution in [0.2, 0.25) is 0 Å². The second-order valence-electron chi connectivity index (χ2n) is 2.39. The molecule has 0 aromatic rings. The predicted octanol–water partition coefficient (Wildman–Crippen LogP) is -9.44. The van der Waals surface area contributed by atoms with Crippen LogP contribution in [0.1, 0.15) is 6.92 Å². The molecule has 15 heavy (non-hydrogen) atoms. The Morgan fingerprint density at radius 2 is 1.53 bits per heavy atom. The summed E-state index contributed by atoms with van der Waals surface area (Å²) in [7, 11) is 0. The van der Waals surface area contributed by atoms with E-state index in [0.717, 1.165) is 13.0 Å². The first-order valence-corrected chi connectivity index (χ1v) is 3.22. The van der Waals surface area contributed by atoms with Gasteiger partial charge in [0.1, 0.15) is 5.54 Å². The maximum atomic E-state index is 10.6. The molecule has 0 aliphatic rings. The number of carboxylic acid groups (broad SMARTS) is 2. The topological polar surface area (TPSA) is 109 Å². The number of carboxylic acids is 2. The van der Waals surface area contributed by atoms with Gasteiger partial charge in [0, 0.05) is 0 Å². The predicted molar refractivity (Wildman–Crippen MR) is 36.8 cm³/mol. The third-order valence-corrected chi connectivity index (χ3v) is 1.38. The van der Waals surface area contributed by atoms with E-state index in [-0.39, 0.29) is 37.7 Å². The largest absolute Gasteiger partial charge is 1.00 e. The van der Waals surface area contributed by atoms with E-state index < -0.39 is 23.4 Å². The molecule has 0 heterocycles. The number of hydrogen-bond acceptors (Lipinski definition) is 5. The van der Waals surface area contributed by atoms with Gasteiger partial charge in [0.2, 0.25) is 5.91 Å². The van der Waals surface area contributed by atoms with Gasteiger partial charge < -0.3 is 25.1 Å². The van der Waals surface area contributed by atoms with Gasteiger partial charge in [-0.25, -0.2) is 0 Å². The van der Waals surface area contributed by atoms with Gasteiger partial charge in [0.15, 0.2) is 0 Å². The number of aliphatic carboxylic acids is 2. The molecule has 0 atom stereocenters. The number of amides is 1. The molecule has 0 bridgehead atoms. The first-order valence-electron chi connectivity index (χ1n) is 3.22. The zero-order valence-electron chi connectivity index (χ0n) is 8.83. The monoisotopic (exact) mass is 199 g/mol. The first-order chi connectivity index (χ1) is 5.84. The van der Waals surface area contributed by atoms with Crippen LogP contribution in [0.4, 0.5) is 0 Å². The van der Waals surface area contributed by atoms with Crippen molar-refractivity contribution in [3.05, 3.63) is 12.7 Å². The van der Waals surface area contributed by atoms with Crippen LogP contribution in [-0.4, -0.2) is 23.4 Å². The second-order valence-corrected chi connectivity index (χ2v) is 2.39. The zero-order valence-corrected chi connectivity index (χ0v) is 8.83. The van der Waals surface area contributed by atoms with Gasteiger partial charge in [-0.2, -0.15) is 0 Å². The molecular formula is C7H7Li2NO5. The molecule has 1 amide bonds. The van der Waals surface area contributed by atoms with E-state index in [2.05, 4.69) is 6.58 Å². The van der Waals surface area contributed by atoms with Crippen molar-refractivity contribution < 1.29 is 62.3 Å². The minimum atomic E-state index is -2.54. The smallest absolute Gasteiger partial charge is 0.547 e. The minimum absolute atomic E-state index is 0. The maximum Gasteiger partial charge on any atom is 1.00 e. The van der Waals surface area contributed by atoms with Crippen LogP contribution < -0.4 is 53.3 Å². The average Bonchev–Trinajstić information content (AvgIpc) is 2.03. The molecule has 1 N–H and O–H groups in total. The van der Waals surface area contributed by atoms with Crippen molar-refractivity contribution in [2.75, 3.05) is 0 Å². The van der Waals surface area contributed by atoms with Crippen molar-refractivity contribution in [3.8, 4) is 0 Å². The van der Waals surface area contributed by atoms with Crippen molar-refractivity contribution >= 4 is 17.8 Å². The van der Waals surface area contributed by atoms with E-state index in [0.29, 0.717) is 0 Å². The Labute approximate surface area is 110 Å². The van der Waals surface area contributed by atoms with E-state index in [9.17, 15) is 24.6 Å². The van der Waals surface area contributed by atoms with Crippen LogP contribution in [0.5, 0.6) is 0 Å². The summed E-state index contributed by atoms with van der Waals surface area (Å²) in [4.78, 5) is 31.3. The molecule has 0 rings (SSSR count). The Morgan fingerprint density at radius 3 is 1.73 bits per heavy atom. The third kappa shape index (κ3) is 5.10. The van der Waals surface area contributed by atoms with Crippen molar-refractivity contribution in [1.29, 1.82) is 0 Å². The Hall–Kier alpha value is -0.655. The SMILES string of the molecule is C=CC(=O)NC(C)(C(=O)[O-])C(=O)[O-].[Li+].[Li+]. The summed E-state index contributed by atoms with van der Waals surface area (Å²) < 4.78 is 0. The van der Waals surface area contributed by atoms with Gasteiger partial charge in [-0.3, -0.25) is 4.79 Å². The van der Waals surface area contributed by atoms with Gasteiger partial charge in [-0.1, -0.05) is 6.58 Å². The standard InChI is InChI=1S/C7H9NO5.2Li/c1-3-4(9)8-7(2,5(10)11)6(12)13;;/h3H,1H2,2H3,(H,8,9)(H,10,11)(H,12,13);;/q;2*+1/p-2. The van der Waals surface area contributed by atoms with Crippen LogP contribution in [0.25, 0.3) is 0 Å². The summed E-state index contributed by atoms with van der Waals surface area (Å²) in [5.41, 5.74) is -2.54. The molecule has 0 fully saturated rings. The number of carbonyl (C=O) groups excluding carboxylic acids is 3. The molecule has 0 aromatic carbocycles. The number of hydrogen-bond donors (Lipinski definition) is 1. The van der Waals surface area contributed by atoms with Crippen LogP contribution in [0.15, 0.2) is 12.7 Å². The molecule has 8 heteroatoms. The van der Waals surface area contributed by atoms with Crippen molar-refractivity contribution in [3.63, 3.8) is 0 Å². The van der Waals surface area contributed by atoms with Gasteiger partial charge in [-0.15, -0.1) is 0 Å². The summed E-state index contributed by atoms with van der Waals surface area (Å²) in [6, 6.07) is 0. The van der Waals surface area contributed by atoms with E-state index in [1.54, 1.807) is 5.32 Å². The zero-order chi connectivity index (χ0) is 10.6. The van der Waals surface area contributed by atoms with Gasteiger partial charge in [0.25, 0.3) is 0 Å². The van der Waals surface area contributed by atoms with Gasteiger partial charge >= 0.3 is 37.7 Å². The quantitative estimate of drug-likeness (QED) is 0.274. The second kappa shape index (κ2) is 7.61. The molecule has 72 valence electrons.